The number of aliphatic hydroxyl groups is 1. The van der Waals surface area contributed by atoms with Crippen molar-refractivity contribution in [2.75, 3.05) is 27.2 Å². The fourth-order valence-electron chi connectivity index (χ4n) is 3.23. The van der Waals surface area contributed by atoms with Gasteiger partial charge in [-0.2, -0.15) is 0 Å². The van der Waals surface area contributed by atoms with Crippen molar-refractivity contribution < 1.29 is 14.3 Å². The van der Waals surface area contributed by atoms with Crippen molar-refractivity contribution >= 4 is 6.03 Å². The molecule has 0 heterocycles. The van der Waals surface area contributed by atoms with E-state index < -0.39 is 0 Å². The lowest BCUT2D eigenvalue weighted by molar-refractivity contribution is 0.174. The third kappa shape index (κ3) is 5.46. The molecule has 1 aromatic carbocycles. The first-order valence-corrected chi connectivity index (χ1v) is 8.56. The van der Waals surface area contributed by atoms with E-state index in [2.05, 4.69) is 10.6 Å². The van der Waals surface area contributed by atoms with Gasteiger partial charge in [0.25, 0.3) is 0 Å². The van der Waals surface area contributed by atoms with Crippen LogP contribution in [0.3, 0.4) is 0 Å². The Balaban J connectivity index is 1.82. The van der Waals surface area contributed by atoms with E-state index >= 15 is 0 Å². The van der Waals surface area contributed by atoms with Gasteiger partial charge >= 0.3 is 6.03 Å². The molecule has 134 valence electrons. The van der Waals surface area contributed by atoms with E-state index in [0.29, 0.717) is 12.5 Å². The second-order valence-electron chi connectivity index (χ2n) is 6.79. The molecule has 0 aliphatic heterocycles. The van der Waals surface area contributed by atoms with Crippen LogP contribution in [0, 0.1) is 11.7 Å². The first kappa shape index (κ1) is 18.7. The van der Waals surface area contributed by atoms with Gasteiger partial charge < -0.3 is 20.6 Å². The van der Waals surface area contributed by atoms with E-state index in [-0.39, 0.29) is 30.5 Å². The number of halogens is 1. The average Bonchev–Trinajstić information content (AvgIpc) is 2.55. The summed E-state index contributed by atoms with van der Waals surface area (Å²) >= 11 is 0. The molecule has 1 atom stereocenters. The molecule has 1 aliphatic rings. The molecule has 1 saturated carbocycles. The number of amides is 2. The van der Waals surface area contributed by atoms with Gasteiger partial charge in [0, 0.05) is 19.2 Å². The van der Waals surface area contributed by atoms with Gasteiger partial charge in [-0.25, -0.2) is 9.18 Å². The van der Waals surface area contributed by atoms with Crippen molar-refractivity contribution in [3.8, 4) is 0 Å². The van der Waals surface area contributed by atoms with E-state index in [1.807, 2.05) is 25.1 Å². The Hall–Kier alpha value is -1.66. The maximum absolute atomic E-state index is 13.4. The van der Waals surface area contributed by atoms with E-state index in [4.69, 9.17) is 5.11 Å². The Morgan fingerprint density at radius 1 is 1.33 bits per heavy atom. The maximum atomic E-state index is 13.4. The number of aliphatic hydroxyl groups excluding tert-OH is 1. The van der Waals surface area contributed by atoms with Crippen LogP contribution in [0.15, 0.2) is 24.3 Å². The van der Waals surface area contributed by atoms with Crippen molar-refractivity contribution in [1.29, 1.82) is 0 Å². The monoisotopic (exact) mass is 337 g/mol. The highest BCUT2D eigenvalue weighted by molar-refractivity contribution is 5.74. The van der Waals surface area contributed by atoms with Crippen LogP contribution in [0.4, 0.5) is 9.18 Å². The third-order valence-electron chi connectivity index (χ3n) is 4.75. The van der Waals surface area contributed by atoms with Crippen LogP contribution in [0.2, 0.25) is 0 Å². The summed E-state index contributed by atoms with van der Waals surface area (Å²) < 4.78 is 13.4. The van der Waals surface area contributed by atoms with Crippen molar-refractivity contribution in [2.45, 2.75) is 37.8 Å². The third-order valence-corrected chi connectivity index (χ3v) is 4.75. The highest BCUT2D eigenvalue weighted by atomic mass is 19.1. The van der Waals surface area contributed by atoms with Crippen LogP contribution in [-0.4, -0.2) is 49.3 Å². The topological polar surface area (TPSA) is 64.6 Å². The number of hydrogen-bond donors (Lipinski definition) is 3. The Morgan fingerprint density at radius 3 is 2.62 bits per heavy atom. The second-order valence-corrected chi connectivity index (χ2v) is 6.79. The van der Waals surface area contributed by atoms with Crippen molar-refractivity contribution in [3.05, 3.63) is 35.6 Å². The number of carbonyl (C=O) groups excluding carboxylic acids is 1. The van der Waals surface area contributed by atoms with Gasteiger partial charge in [-0.05, 0) is 63.4 Å². The molecule has 0 aromatic heterocycles. The maximum Gasteiger partial charge on any atom is 0.315 e. The zero-order valence-corrected chi connectivity index (χ0v) is 14.5. The predicted octanol–water partition coefficient (Wildman–Crippen LogP) is 2.28. The van der Waals surface area contributed by atoms with Crippen LogP contribution in [0.1, 0.15) is 37.3 Å². The molecule has 24 heavy (non-hydrogen) atoms. The number of nitrogens with zero attached hydrogens (tertiary/aromatic N) is 1. The summed E-state index contributed by atoms with van der Waals surface area (Å²) in [6.07, 6.45) is 3.70. The van der Waals surface area contributed by atoms with Gasteiger partial charge in [0.2, 0.25) is 0 Å². The average molecular weight is 337 g/mol. The standard InChI is InChI=1S/C18H28FN3O2/c1-22(2)17(14-4-3-5-15(19)10-14)11-20-18(24)21-16-8-6-13(12-23)7-9-16/h3-5,10,13,16-17,23H,6-9,11-12H2,1-2H3,(H2,20,21,24). The number of rotatable bonds is 6. The molecule has 6 heteroatoms. The van der Waals surface area contributed by atoms with Gasteiger partial charge in [0.1, 0.15) is 5.82 Å². The lowest BCUT2D eigenvalue weighted by Crippen LogP contribution is -2.46. The summed E-state index contributed by atoms with van der Waals surface area (Å²) in [5.74, 6) is 0.0988. The smallest absolute Gasteiger partial charge is 0.315 e. The summed E-state index contributed by atoms with van der Waals surface area (Å²) in [7, 11) is 3.82. The fraction of sp³-hybridized carbons (Fsp3) is 0.611. The van der Waals surface area contributed by atoms with Gasteiger partial charge in [0.05, 0.1) is 6.04 Å². The molecule has 2 rings (SSSR count). The Labute approximate surface area is 143 Å². The first-order chi connectivity index (χ1) is 11.5. The molecule has 5 nitrogen and oxygen atoms in total. The molecule has 0 bridgehead atoms. The highest BCUT2D eigenvalue weighted by Gasteiger charge is 2.22. The lowest BCUT2D eigenvalue weighted by atomic mass is 9.87. The van der Waals surface area contributed by atoms with E-state index in [0.717, 1.165) is 31.2 Å². The van der Waals surface area contributed by atoms with Gasteiger partial charge in [-0.15, -0.1) is 0 Å². The van der Waals surface area contributed by atoms with E-state index in [1.165, 1.54) is 12.1 Å². The van der Waals surface area contributed by atoms with Gasteiger partial charge in [-0.3, -0.25) is 0 Å². The molecule has 1 unspecified atom stereocenters. The summed E-state index contributed by atoms with van der Waals surface area (Å²) in [6.45, 7) is 0.644. The molecule has 0 spiro atoms. The fourth-order valence-corrected chi connectivity index (χ4v) is 3.23. The van der Waals surface area contributed by atoms with Crippen LogP contribution in [-0.2, 0) is 0 Å². The van der Waals surface area contributed by atoms with Gasteiger partial charge in [0.15, 0.2) is 0 Å². The number of benzene rings is 1. The van der Waals surface area contributed by atoms with Crippen LogP contribution < -0.4 is 10.6 Å². The number of urea groups is 1. The molecule has 1 aromatic rings. The Bertz CT molecular complexity index is 531. The molecule has 3 N–H and O–H groups in total. The van der Waals surface area contributed by atoms with Crippen LogP contribution in [0.5, 0.6) is 0 Å². The Kier molecular flexibility index (Phi) is 6.99. The predicted molar refractivity (Wildman–Crippen MR) is 92.2 cm³/mol. The Morgan fingerprint density at radius 2 is 2.04 bits per heavy atom. The lowest BCUT2D eigenvalue weighted by Gasteiger charge is -2.29. The summed E-state index contributed by atoms with van der Waals surface area (Å²) in [6, 6.07) is 6.35. The van der Waals surface area contributed by atoms with E-state index in [9.17, 15) is 9.18 Å². The first-order valence-electron chi connectivity index (χ1n) is 8.56. The van der Waals surface area contributed by atoms with Crippen molar-refractivity contribution in [3.63, 3.8) is 0 Å². The highest BCUT2D eigenvalue weighted by Crippen LogP contribution is 2.23. The normalized spacial score (nSPS) is 22.2. The molecule has 2 amide bonds. The van der Waals surface area contributed by atoms with Gasteiger partial charge in [-0.1, -0.05) is 12.1 Å². The van der Waals surface area contributed by atoms with E-state index in [1.54, 1.807) is 6.07 Å². The zero-order chi connectivity index (χ0) is 17.5. The van der Waals surface area contributed by atoms with Crippen molar-refractivity contribution in [1.82, 2.24) is 15.5 Å². The molecule has 0 radical (unpaired) electrons. The quantitative estimate of drug-likeness (QED) is 0.746. The largest absolute Gasteiger partial charge is 0.396 e. The minimum Gasteiger partial charge on any atom is -0.396 e. The molecule has 1 fully saturated rings. The number of nitrogens with one attached hydrogen (secondary N) is 2. The molecule has 1 aliphatic carbocycles. The SMILES string of the molecule is CN(C)C(CNC(=O)NC1CCC(CO)CC1)c1cccc(F)c1. The second kappa shape index (κ2) is 8.99. The summed E-state index contributed by atoms with van der Waals surface area (Å²) in [5.41, 5.74) is 0.837. The summed E-state index contributed by atoms with van der Waals surface area (Å²) in [4.78, 5) is 14.1. The minimum atomic E-state index is -0.274. The zero-order valence-electron chi connectivity index (χ0n) is 14.5. The van der Waals surface area contributed by atoms with Crippen molar-refractivity contribution in [2.24, 2.45) is 5.92 Å². The minimum absolute atomic E-state index is 0.0865. The molecule has 0 saturated heterocycles. The number of likely N-dealkylation sites (N-methyl/N-ethyl adjacent to an activating group) is 1. The number of carbonyl (C=O) groups is 1. The summed E-state index contributed by atoms with van der Waals surface area (Å²) in [5, 5.41) is 15.0. The molecular weight excluding hydrogens is 309 g/mol. The van der Waals surface area contributed by atoms with Crippen LogP contribution >= 0.6 is 0 Å². The molecular formula is C18H28FN3O2. The van der Waals surface area contributed by atoms with Crippen LogP contribution in [0.25, 0.3) is 0 Å². The number of hydrogen-bond acceptors (Lipinski definition) is 3.